The molecule has 0 fully saturated rings. The van der Waals surface area contributed by atoms with Gasteiger partial charge in [-0.2, -0.15) is 0 Å². The molecule has 1 rings (SSSR count). The second-order valence-corrected chi connectivity index (χ2v) is 6.34. The molecule has 0 aromatic heterocycles. The number of rotatable bonds is 1. The van der Waals surface area contributed by atoms with Crippen molar-refractivity contribution in [3.8, 4) is 0 Å². The van der Waals surface area contributed by atoms with E-state index in [1.807, 2.05) is 13.8 Å². The van der Waals surface area contributed by atoms with Crippen LogP contribution in [0.5, 0.6) is 0 Å². The molecule has 6 heteroatoms. The maximum atomic E-state index is 10.9. The van der Waals surface area contributed by atoms with E-state index in [1.54, 1.807) is 0 Å². The second-order valence-electron chi connectivity index (χ2n) is 3.97. The normalized spacial score (nSPS) is 28.1. The van der Waals surface area contributed by atoms with Crippen LogP contribution in [0.3, 0.4) is 0 Å². The summed E-state index contributed by atoms with van der Waals surface area (Å²) < 4.78 is -1.57. The van der Waals surface area contributed by atoms with Gasteiger partial charge in [-0.1, -0.05) is 45.9 Å². The summed E-state index contributed by atoms with van der Waals surface area (Å²) in [5, 5.41) is 10.9. The minimum absolute atomic E-state index is 0.345. The van der Waals surface area contributed by atoms with Gasteiger partial charge in [0.15, 0.2) is 3.79 Å². The highest BCUT2D eigenvalue weighted by Crippen LogP contribution is 2.45. The molecule has 0 amide bonds. The first kappa shape index (κ1) is 13.1. The fraction of sp³-hybridized carbons (Fsp3) is 0.778. The molecule has 0 bridgehead atoms. The van der Waals surface area contributed by atoms with E-state index < -0.39 is 15.8 Å². The molecular formula is C9H12Cl3NO2. The van der Waals surface area contributed by atoms with Gasteiger partial charge >= 0.3 is 0 Å². The summed E-state index contributed by atoms with van der Waals surface area (Å²) in [6.45, 7) is 3.81. The fourth-order valence-electron chi connectivity index (χ4n) is 1.83. The van der Waals surface area contributed by atoms with E-state index >= 15 is 0 Å². The lowest BCUT2D eigenvalue weighted by atomic mass is 9.82. The summed E-state index contributed by atoms with van der Waals surface area (Å²) in [6, 6.07) is -0.791. The minimum atomic E-state index is -1.57. The first-order valence-corrected chi connectivity index (χ1v) is 5.72. The van der Waals surface area contributed by atoms with Crippen LogP contribution in [0.15, 0.2) is 11.1 Å². The summed E-state index contributed by atoms with van der Waals surface area (Å²) in [7, 11) is 0. The summed E-state index contributed by atoms with van der Waals surface area (Å²) >= 11 is 17.3. The van der Waals surface area contributed by atoms with Gasteiger partial charge in [-0.3, -0.25) is 10.1 Å². The maximum absolute atomic E-state index is 10.9. The number of halogens is 3. The van der Waals surface area contributed by atoms with Gasteiger partial charge in [0.05, 0.1) is 5.92 Å². The molecule has 0 aromatic carbocycles. The van der Waals surface area contributed by atoms with Crippen LogP contribution in [-0.2, 0) is 0 Å². The zero-order valence-electron chi connectivity index (χ0n) is 8.47. The molecule has 0 spiro atoms. The number of nitrogens with zero attached hydrogens (tertiary/aromatic N) is 1. The molecule has 0 saturated carbocycles. The predicted molar refractivity (Wildman–Crippen MR) is 62.2 cm³/mol. The third-order valence-corrected chi connectivity index (χ3v) is 3.77. The topological polar surface area (TPSA) is 43.1 Å². The Kier molecular flexibility index (Phi) is 3.90. The van der Waals surface area contributed by atoms with Crippen molar-refractivity contribution in [1.29, 1.82) is 0 Å². The minimum Gasteiger partial charge on any atom is -0.264 e. The van der Waals surface area contributed by atoms with E-state index in [9.17, 15) is 10.1 Å². The van der Waals surface area contributed by atoms with Crippen molar-refractivity contribution in [2.75, 3.05) is 0 Å². The fourth-order valence-corrected chi connectivity index (χ4v) is 2.49. The van der Waals surface area contributed by atoms with Gasteiger partial charge in [-0.25, -0.2) is 0 Å². The van der Waals surface area contributed by atoms with Crippen molar-refractivity contribution in [1.82, 2.24) is 0 Å². The molecule has 1 aliphatic rings. The molecule has 0 heterocycles. The van der Waals surface area contributed by atoms with Gasteiger partial charge in [-0.15, -0.1) is 0 Å². The van der Waals surface area contributed by atoms with Crippen LogP contribution >= 0.6 is 34.8 Å². The quantitative estimate of drug-likeness (QED) is 0.316. The van der Waals surface area contributed by atoms with E-state index in [-0.39, 0.29) is 4.92 Å². The Morgan fingerprint density at radius 1 is 1.27 bits per heavy atom. The Balaban J connectivity index is 3.00. The summed E-state index contributed by atoms with van der Waals surface area (Å²) in [5.41, 5.74) is 2.12. The maximum Gasteiger partial charge on any atom is 0.224 e. The zero-order chi connectivity index (χ0) is 11.8. The van der Waals surface area contributed by atoms with Crippen LogP contribution in [0, 0.1) is 16.0 Å². The molecule has 2 atom stereocenters. The highest BCUT2D eigenvalue weighted by molar-refractivity contribution is 6.67. The SMILES string of the molecule is CC1=C(C)C[C@@H](C(Cl)(Cl)Cl)[C@H]([N+](=O)[O-])C1. The monoisotopic (exact) mass is 271 g/mol. The Morgan fingerprint density at radius 3 is 2.13 bits per heavy atom. The van der Waals surface area contributed by atoms with Gasteiger partial charge in [0.2, 0.25) is 6.04 Å². The average Bonchev–Trinajstić information content (AvgIpc) is 2.06. The Morgan fingerprint density at radius 2 is 1.73 bits per heavy atom. The lowest BCUT2D eigenvalue weighted by molar-refractivity contribution is -0.532. The van der Waals surface area contributed by atoms with Crippen LogP contribution in [0.1, 0.15) is 26.7 Å². The van der Waals surface area contributed by atoms with Gasteiger partial charge in [0.25, 0.3) is 0 Å². The third-order valence-electron chi connectivity index (χ3n) is 2.93. The molecule has 86 valence electrons. The van der Waals surface area contributed by atoms with Crippen LogP contribution < -0.4 is 0 Å². The van der Waals surface area contributed by atoms with Crippen LogP contribution in [0.25, 0.3) is 0 Å². The standard InChI is InChI=1S/C9H12Cl3NO2/c1-5-3-7(9(10,11)12)8(13(14)15)4-6(5)2/h7-8H,3-4H2,1-2H3/t7-,8-/m1/s1. The van der Waals surface area contributed by atoms with Crippen LogP contribution in [-0.4, -0.2) is 14.8 Å². The summed E-state index contributed by atoms with van der Waals surface area (Å²) in [6.07, 6.45) is 0.853. The molecule has 0 unspecified atom stereocenters. The molecule has 15 heavy (non-hydrogen) atoms. The van der Waals surface area contributed by atoms with Crippen molar-refractivity contribution < 1.29 is 4.92 Å². The van der Waals surface area contributed by atoms with Crippen molar-refractivity contribution in [2.45, 2.75) is 36.5 Å². The number of hydrogen-bond donors (Lipinski definition) is 0. The van der Waals surface area contributed by atoms with Crippen molar-refractivity contribution >= 4 is 34.8 Å². The Labute approximate surface area is 104 Å². The van der Waals surface area contributed by atoms with E-state index in [0.29, 0.717) is 12.8 Å². The largest absolute Gasteiger partial charge is 0.264 e. The molecule has 0 radical (unpaired) electrons. The lowest BCUT2D eigenvalue weighted by Crippen LogP contribution is -2.40. The first-order chi connectivity index (χ1) is 6.73. The number of hydrogen-bond acceptors (Lipinski definition) is 2. The van der Waals surface area contributed by atoms with Gasteiger partial charge in [0.1, 0.15) is 0 Å². The second kappa shape index (κ2) is 4.48. The molecule has 3 nitrogen and oxygen atoms in total. The molecule has 0 saturated heterocycles. The first-order valence-electron chi connectivity index (χ1n) is 4.59. The Bertz CT molecular complexity index is 309. The molecule has 0 aliphatic heterocycles. The van der Waals surface area contributed by atoms with E-state index in [4.69, 9.17) is 34.8 Å². The number of allylic oxidation sites excluding steroid dienone is 1. The Hall–Kier alpha value is 0.01000. The van der Waals surface area contributed by atoms with Crippen LogP contribution in [0.4, 0.5) is 0 Å². The average molecular weight is 273 g/mol. The van der Waals surface area contributed by atoms with E-state index in [0.717, 1.165) is 11.1 Å². The van der Waals surface area contributed by atoms with Crippen LogP contribution in [0.2, 0.25) is 0 Å². The smallest absolute Gasteiger partial charge is 0.224 e. The van der Waals surface area contributed by atoms with E-state index in [2.05, 4.69) is 0 Å². The third kappa shape index (κ3) is 2.99. The van der Waals surface area contributed by atoms with Crippen molar-refractivity contribution in [3.05, 3.63) is 21.3 Å². The summed E-state index contributed by atoms with van der Waals surface area (Å²) in [4.78, 5) is 10.5. The summed E-state index contributed by atoms with van der Waals surface area (Å²) in [5.74, 6) is -0.541. The number of nitro groups is 1. The van der Waals surface area contributed by atoms with Gasteiger partial charge in [0, 0.05) is 11.3 Å². The molecule has 0 aromatic rings. The highest BCUT2D eigenvalue weighted by atomic mass is 35.6. The molecule has 0 N–H and O–H groups in total. The van der Waals surface area contributed by atoms with E-state index in [1.165, 1.54) is 0 Å². The number of alkyl halides is 3. The zero-order valence-corrected chi connectivity index (χ0v) is 10.7. The van der Waals surface area contributed by atoms with Crippen molar-refractivity contribution in [2.24, 2.45) is 5.92 Å². The lowest BCUT2D eigenvalue weighted by Gasteiger charge is -2.31. The molecular weight excluding hydrogens is 260 g/mol. The van der Waals surface area contributed by atoms with Gasteiger partial charge in [-0.05, 0) is 20.3 Å². The predicted octanol–water partition coefficient (Wildman–Crippen LogP) is 3.75. The highest BCUT2D eigenvalue weighted by Gasteiger charge is 2.47. The van der Waals surface area contributed by atoms with Gasteiger partial charge < -0.3 is 0 Å². The van der Waals surface area contributed by atoms with Crippen molar-refractivity contribution in [3.63, 3.8) is 0 Å². The molecule has 1 aliphatic carbocycles.